The molecule has 158 valence electrons. The molecule has 0 spiro atoms. The molecule has 7 heteroatoms. The van der Waals surface area contributed by atoms with E-state index in [9.17, 15) is 9.59 Å². The minimum absolute atomic E-state index is 0.0445. The van der Waals surface area contributed by atoms with Crippen LogP contribution in [0.25, 0.3) is 17.0 Å². The summed E-state index contributed by atoms with van der Waals surface area (Å²) in [5.74, 6) is -0.0820. The molecule has 1 aromatic heterocycles. The number of carbonyl (C=O) groups is 1. The van der Waals surface area contributed by atoms with Crippen LogP contribution in [-0.4, -0.2) is 39.3 Å². The third-order valence-corrected chi connectivity index (χ3v) is 7.18. The Hall–Kier alpha value is -2.12. The lowest BCUT2D eigenvalue weighted by Gasteiger charge is -2.24. The zero-order valence-corrected chi connectivity index (χ0v) is 19.2. The summed E-state index contributed by atoms with van der Waals surface area (Å²) >= 11 is 6.76. The number of amides is 1. The number of carbonyl (C=O) groups excluding carboxylic acids is 1. The highest BCUT2D eigenvalue weighted by Crippen LogP contribution is 2.37. The molecule has 2 fully saturated rings. The molecule has 0 aliphatic carbocycles. The highest BCUT2D eigenvalue weighted by Gasteiger charge is 2.32. The van der Waals surface area contributed by atoms with Gasteiger partial charge in [0.15, 0.2) is 0 Å². The summed E-state index contributed by atoms with van der Waals surface area (Å²) in [5.41, 5.74) is 2.46. The Morgan fingerprint density at radius 1 is 1.13 bits per heavy atom. The van der Waals surface area contributed by atoms with Gasteiger partial charge in [-0.15, -0.1) is 0 Å². The molecule has 2 aliphatic rings. The molecule has 0 saturated carbocycles. The number of aromatic nitrogens is 1. The summed E-state index contributed by atoms with van der Waals surface area (Å²) in [5, 5.41) is 1.06. The van der Waals surface area contributed by atoms with E-state index in [0.29, 0.717) is 27.9 Å². The van der Waals surface area contributed by atoms with Gasteiger partial charge in [-0.25, -0.2) is 0 Å². The van der Waals surface area contributed by atoms with Crippen molar-refractivity contribution in [3.8, 4) is 0 Å². The first-order valence-electron chi connectivity index (χ1n) is 10.7. The number of unbranched alkanes of at least 4 members (excludes halogenated alkanes) is 1. The summed E-state index contributed by atoms with van der Waals surface area (Å²) in [7, 11) is 0. The Morgan fingerprint density at radius 3 is 2.57 bits per heavy atom. The van der Waals surface area contributed by atoms with E-state index in [1.54, 1.807) is 15.5 Å². The molecule has 0 N–H and O–H groups in total. The van der Waals surface area contributed by atoms with E-state index in [1.165, 1.54) is 11.8 Å². The van der Waals surface area contributed by atoms with Crippen molar-refractivity contribution in [2.24, 2.45) is 0 Å². The van der Waals surface area contributed by atoms with Crippen LogP contribution in [0.5, 0.6) is 0 Å². The van der Waals surface area contributed by atoms with Gasteiger partial charge in [-0.05, 0) is 38.3 Å². The second-order valence-electron chi connectivity index (χ2n) is 7.71. The maximum atomic E-state index is 13.5. The van der Waals surface area contributed by atoms with Crippen molar-refractivity contribution in [1.82, 2.24) is 9.47 Å². The maximum absolute atomic E-state index is 13.5. The van der Waals surface area contributed by atoms with Crippen molar-refractivity contribution in [1.29, 1.82) is 0 Å². The molecule has 0 unspecified atom stereocenters. The molecule has 1 aromatic carbocycles. The standard InChI is InChI=1S/C23H27N3O2S2/c1-3-5-14-26-22(28)19(30-23(26)29)15-17-20(24-12-8-9-13-24)16-10-6-7-11-18(16)25(4-2)21(17)27/h6-7,10-11,15H,3-5,8-9,12-14H2,1-2H3. The number of hydrogen-bond acceptors (Lipinski definition) is 5. The molecule has 0 bridgehead atoms. The zero-order chi connectivity index (χ0) is 21.3. The molecule has 5 nitrogen and oxygen atoms in total. The Balaban J connectivity index is 1.90. The fourth-order valence-corrected chi connectivity index (χ4v) is 5.57. The number of thioether (sulfide) groups is 1. The molecular formula is C23H27N3O2S2. The van der Waals surface area contributed by atoms with E-state index in [1.807, 2.05) is 25.1 Å². The molecule has 0 radical (unpaired) electrons. The van der Waals surface area contributed by atoms with E-state index < -0.39 is 0 Å². The summed E-state index contributed by atoms with van der Waals surface area (Å²) in [6, 6.07) is 8.08. The lowest BCUT2D eigenvalue weighted by atomic mass is 10.1. The van der Waals surface area contributed by atoms with Crippen molar-refractivity contribution >= 4 is 56.9 Å². The van der Waals surface area contributed by atoms with Crippen LogP contribution in [0.1, 0.15) is 45.1 Å². The van der Waals surface area contributed by atoms with Crippen LogP contribution in [-0.2, 0) is 11.3 Å². The molecule has 2 aromatic rings. The number of fused-ring (bicyclic) bond motifs is 1. The van der Waals surface area contributed by atoms with Gasteiger partial charge < -0.3 is 9.47 Å². The maximum Gasteiger partial charge on any atom is 0.266 e. The van der Waals surface area contributed by atoms with Crippen LogP contribution in [0, 0.1) is 0 Å². The van der Waals surface area contributed by atoms with Crippen molar-refractivity contribution in [3.05, 3.63) is 45.1 Å². The third kappa shape index (κ3) is 3.69. The van der Waals surface area contributed by atoms with Crippen LogP contribution < -0.4 is 10.5 Å². The topological polar surface area (TPSA) is 45.6 Å². The summed E-state index contributed by atoms with van der Waals surface area (Å²) < 4.78 is 2.39. The largest absolute Gasteiger partial charge is 0.370 e. The monoisotopic (exact) mass is 441 g/mol. The second kappa shape index (κ2) is 8.94. The number of anilines is 1. The number of rotatable bonds is 6. The lowest BCUT2D eigenvalue weighted by molar-refractivity contribution is -0.122. The van der Waals surface area contributed by atoms with Crippen LogP contribution in [0.4, 0.5) is 5.69 Å². The summed E-state index contributed by atoms with van der Waals surface area (Å²) in [6.45, 7) is 7.15. The van der Waals surface area contributed by atoms with Crippen LogP contribution in [0.3, 0.4) is 0 Å². The predicted molar refractivity (Wildman–Crippen MR) is 130 cm³/mol. The number of hydrogen-bond donors (Lipinski definition) is 0. The van der Waals surface area contributed by atoms with E-state index in [4.69, 9.17) is 12.2 Å². The number of thiocarbonyl (C=S) groups is 1. The average molecular weight is 442 g/mol. The summed E-state index contributed by atoms with van der Waals surface area (Å²) in [6.07, 6.45) is 5.94. The Bertz CT molecular complexity index is 1080. The normalized spacial score (nSPS) is 18.4. The molecular weight excluding hydrogens is 414 g/mol. The van der Waals surface area contributed by atoms with Crippen LogP contribution >= 0.6 is 24.0 Å². The lowest BCUT2D eigenvalue weighted by Crippen LogP contribution is -2.30. The molecule has 2 saturated heterocycles. The zero-order valence-electron chi connectivity index (χ0n) is 17.5. The van der Waals surface area contributed by atoms with Gasteiger partial charge in [0, 0.05) is 31.6 Å². The van der Waals surface area contributed by atoms with E-state index >= 15 is 0 Å². The molecule has 3 heterocycles. The Kier molecular flexibility index (Phi) is 6.29. The Labute approximate surface area is 186 Å². The highest BCUT2D eigenvalue weighted by molar-refractivity contribution is 8.26. The first kappa shape index (κ1) is 21.1. The third-order valence-electron chi connectivity index (χ3n) is 5.80. The SMILES string of the molecule is CCCCN1C(=O)C(=Cc2c(N3CCCC3)c3ccccc3n(CC)c2=O)SC1=S. The highest BCUT2D eigenvalue weighted by atomic mass is 32.2. The van der Waals surface area contributed by atoms with E-state index in [0.717, 1.165) is 55.4 Å². The first-order valence-corrected chi connectivity index (χ1v) is 11.9. The predicted octanol–water partition coefficient (Wildman–Crippen LogP) is 4.62. The number of benzene rings is 1. The minimum Gasteiger partial charge on any atom is -0.370 e. The van der Waals surface area contributed by atoms with Gasteiger partial charge in [0.25, 0.3) is 11.5 Å². The number of para-hydroxylation sites is 1. The molecule has 4 rings (SSSR count). The van der Waals surface area contributed by atoms with Gasteiger partial charge in [0.05, 0.1) is 21.7 Å². The molecule has 2 aliphatic heterocycles. The second-order valence-corrected chi connectivity index (χ2v) is 9.39. The fraction of sp³-hybridized carbons (Fsp3) is 0.435. The molecule has 0 atom stereocenters. The van der Waals surface area contributed by atoms with Gasteiger partial charge in [-0.1, -0.05) is 55.5 Å². The smallest absolute Gasteiger partial charge is 0.266 e. The van der Waals surface area contributed by atoms with Crippen molar-refractivity contribution in [3.63, 3.8) is 0 Å². The Morgan fingerprint density at radius 2 is 1.87 bits per heavy atom. The molecule has 1 amide bonds. The van der Waals surface area contributed by atoms with Gasteiger partial charge in [-0.3, -0.25) is 14.5 Å². The first-order chi connectivity index (χ1) is 14.6. The van der Waals surface area contributed by atoms with Crippen LogP contribution in [0.2, 0.25) is 0 Å². The fourth-order valence-electron chi connectivity index (χ4n) is 4.28. The van der Waals surface area contributed by atoms with E-state index in [2.05, 4.69) is 17.9 Å². The van der Waals surface area contributed by atoms with Crippen LogP contribution in [0.15, 0.2) is 34.0 Å². The quantitative estimate of drug-likeness (QED) is 0.483. The average Bonchev–Trinajstić information content (AvgIpc) is 3.36. The van der Waals surface area contributed by atoms with Crippen molar-refractivity contribution in [2.75, 3.05) is 24.5 Å². The number of nitrogens with zero attached hydrogens (tertiary/aromatic N) is 3. The number of aryl methyl sites for hydroxylation is 1. The van der Waals surface area contributed by atoms with Gasteiger partial charge >= 0.3 is 0 Å². The van der Waals surface area contributed by atoms with Gasteiger partial charge in [0.2, 0.25) is 0 Å². The van der Waals surface area contributed by atoms with Crippen molar-refractivity contribution in [2.45, 2.75) is 46.1 Å². The van der Waals surface area contributed by atoms with Crippen molar-refractivity contribution < 1.29 is 4.79 Å². The minimum atomic E-state index is -0.0820. The van der Waals surface area contributed by atoms with E-state index in [-0.39, 0.29) is 11.5 Å². The summed E-state index contributed by atoms with van der Waals surface area (Å²) in [4.78, 5) is 31.1. The van der Waals surface area contributed by atoms with Gasteiger partial charge in [0.1, 0.15) is 4.32 Å². The number of pyridine rings is 1. The van der Waals surface area contributed by atoms with Gasteiger partial charge in [-0.2, -0.15) is 0 Å². The molecule has 30 heavy (non-hydrogen) atoms.